The Hall–Kier alpha value is -0.413. The molecule has 0 spiro atoms. The van der Waals surface area contributed by atoms with Gasteiger partial charge in [-0.15, -0.1) is 0 Å². The first-order valence-electron chi connectivity index (χ1n) is 7.30. The van der Waals surface area contributed by atoms with Crippen LogP contribution in [0.5, 0.6) is 0 Å². The molecule has 0 aromatic heterocycles. The van der Waals surface area contributed by atoms with Gasteiger partial charge >= 0.3 is 0 Å². The maximum atomic E-state index is 11.9. The van der Waals surface area contributed by atoms with Gasteiger partial charge in [0.25, 0.3) is 0 Å². The van der Waals surface area contributed by atoms with E-state index < -0.39 is 8.32 Å². The summed E-state index contributed by atoms with van der Waals surface area (Å²) in [5.41, 5.74) is 1.48. The van der Waals surface area contributed by atoms with Gasteiger partial charge < -0.3 is 4.43 Å². The van der Waals surface area contributed by atoms with E-state index in [9.17, 15) is 4.79 Å². The molecule has 3 heteroatoms. The highest BCUT2D eigenvalue weighted by atomic mass is 28.4. The fourth-order valence-corrected chi connectivity index (χ4v) is 8.33. The number of Topliss-reactive ketones (excluding diaryl/α,β-unsaturated/α-hetero) is 1. The van der Waals surface area contributed by atoms with Crippen molar-refractivity contribution in [3.05, 3.63) is 10.8 Å². The third-order valence-corrected chi connectivity index (χ3v) is 8.29. The smallest absolute Gasteiger partial charge is 0.214 e. The van der Waals surface area contributed by atoms with E-state index in [-0.39, 0.29) is 5.92 Å². The molecule has 0 N–H and O–H groups in total. The highest BCUT2D eigenvalue weighted by Crippen LogP contribution is 2.54. The van der Waals surface area contributed by atoms with Gasteiger partial charge in [-0.3, -0.25) is 4.79 Å². The molecule has 1 heterocycles. The summed E-state index contributed by atoms with van der Waals surface area (Å²) in [5, 5.41) is 1.66. The lowest BCUT2D eigenvalue weighted by Gasteiger charge is -2.42. The van der Waals surface area contributed by atoms with Gasteiger partial charge in [0.05, 0.1) is 6.10 Å². The molecule has 0 bridgehead atoms. The van der Waals surface area contributed by atoms with Crippen molar-refractivity contribution in [2.45, 2.75) is 58.7 Å². The van der Waals surface area contributed by atoms with Crippen LogP contribution in [0.25, 0.3) is 0 Å². The summed E-state index contributed by atoms with van der Waals surface area (Å²) < 4.78 is 6.43. The lowest BCUT2D eigenvalue weighted by molar-refractivity contribution is -0.124. The third kappa shape index (κ3) is 1.67. The number of ketones is 1. The van der Waals surface area contributed by atoms with E-state index in [4.69, 9.17) is 4.43 Å². The van der Waals surface area contributed by atoms with Crippen LogP contribution in [-0.4, -0.2) is 20.2 Å². The highest BCUT2D eigenvalue weighted by Gasteiger charge is 2.55. The van der Waals surface area contributed by atoms with Crippen molar-refractivity contribution in [1.29, 1.82) is 0 Å². The maximum absolute atomic E-state index is 11.9. The van der Waals surface area contributed by atoms with Gasteiger partial charge in [0, 0.05) is 11.8 Å². The predicted molar refractivity (Wildman–Crippen MR) is 74.7 cm³/mol. The topological polar surface area (TPSA) is 26.3 Å². The Bertz CT molecular complexity index is 424. The Morgan fingerprint density at radius 2 is 2.06 bits per heavy atom. The van der Waals surface area contributed by atoms with Crippen LogP contribution in [0, 0.1) is 17.8 Å². The summed E-state index contributed by atoms with van der Waals surface area (Å²) in [5.74, 6) is 1.83. The average Bonchev–Trinajstić information content (AvgIpc) is 2.55. The van der Waals surface area contributed by atoms with E-state index in [0.717, 1.165) is 6.42 Å². The van der Waals surface area contributed by atoms with Crippen LogP contribution < -0.4 is 0 Å². The molecule has 0 radical (unpaired) electrons. The number of allylic oxidation sites excluding steroid dienone is 1. The van der Waals surface area contributed by atoms with E-state index in [1.165, 1.54) is 24.8 Å². The Morgan fingerprint density at radius 3 is 2.72 bits per heavy atom. The summed E-state index contributed by atoms with van der Waals surface area (Å²) in [6.07, 6.45) is 5.11. The SMILES string of the molecule is CC(=O)[C@H]1CC(C)=C2[C@@H]3[C@@H]1CCC[C@@H]3O[Si]2(C)C. The molecular weight excluding hydrogens is 240 g/mol. The molecule has 0 amide bonds. The van der Waals surface area contributed by atoms with Crippen LogP contribution in [0.15, 0.2) is 10.8 Å². The summed E-state index contributed by atoms with van der Waals surface area (Å²) >= 11 is 0. The van der Waals surface area contributed by atoms with E-state index >= 15 is 0 Å². The largest absolute Gasteiger partial charge is 0.410 e. The van der Waals surface area contributed by atoms with Crippen LogP contribution in [0.3, 0.4) is 0 Å². The molecule has 2 nitrogen and oxygen atoms in total. The first-order chi connectivity index (χ1) is 8.42. The minimum absolute atomic E-state index is 0.271. The van der Waals surface area contributed by atoms with Crippen LogP contribution in [-0.2, 0) is 9.22 Å². The first-order valence-corrected chi connectivity index (χ1v) is 10.2. The fourth-order valence-electron chi connectivity index (χ4n) is 4.85. The molecule has 18 heavy (non-hydrogen) atoms. The van der Waals surface area contributed by atoms with Crippen molar-refractivity contribution in [3.63, 3.8) is 0 Å². The van der Waals surface area contributed by atoms with Crippen LogP contribution in [0.1, 0.15) is 39.5 Å². The van der Waals surface area contributed by atoms with Crippen molar-refractivity contribution in [2.75, 3.05) is 0 Å². The molecule has 4 atom stereocenters. The number of carbonyl (C=O) groups is 1. The fraction of sp³-hybridized carbons (Fsp3) is 0.800. The van der Waals surface area contributed by atoms with E-state index in [1.54, 1.807) is 12.1 Å². The molecule has 1 saturated carbocycles. The van der Waals surface area contributed by atoms with Gasteiger partial charge in [-0.2, -0.15) is 0 Å². The molecule has 0 aromatic carbocycles. The Labute approximate surface area is 111 Å². The van der Waals surface area contributed by atoms with Crippen molar-refractivity contribution in [3.8, 4) is 0 Å². The summed E-state index contributed by atoms with van der Waals surface area (Å²) in [7, 11) is -1.65. The third-order valence-electron chi connectivity index (χ3n) is 5.34. The molecule has 1 saturated heterocycles. The van der Waals surface area contributed by atoms with Crippen molar-refractivity contribution in [2.24, 2.45) is 17.8 Å². The van der Waals surface area contributed by atoms with Crippen LogP contribution in [0.2, 0.25) is 13.1 Å². The molecule has 3 aliphatic rings. The van der Waals surface area contributed by atoms with E-state index in [2.05, 4.69) is 20.0 Å². The van der Waals surface area contributed by atoms with Crippen molar-refractivity contribution < 1.29 is 9.22 Å². The second-order valence-corrected chi connectivity index (χ2v) is 10.7. The maximum Gasteiger partial charge on any atom is 0.214 e. The molecular formula is C15H24O2Si. The second kappa shape index (κ2) is 4.04. The van der Waals surface area contributed by atoms with E-state index in [0.29, 0.717) is 23.7 Å². The van der Waals surface area contributed by atoms with Crippen molar-refractivity contribution >= 4 is 14.1 Å². The number of hydrogen-bond acceptors (Lipinski definition) is 2. The zero-order chi connectivity index (χ0) is 13.1. The highest BCUT2D eigenvalue weighted by molar-refractivity contribution is 6.79. The van der Waals surface area contributed by atoms with E-state index in [1.807, 2.05) is 0 Å². The van der Waals surface area contributed by atoms with Gasteiger partial charge in [0.1, 0.15) is 5.78 Å². The number of hydrogen-bond donors (Lipinski definition) is 0. The molecule has 0 aromatic rings. The molecule has 1 aliphatic heterocycles. The Morgan fingerprint density at radius 1 is 1.33 bits per heavy atom. The van der Waals surface area contributed by atoms with Crippen LogP contribution in [0.4, 0.5) is 0 Å². The molecule has 0 unspecified atom stereocenters. The summed E-state index contributed by atoms with van der Waals surface area (Å²) in [6, 6.07) is 0. The van der Waals surface area contributed by atoms with Gasteiger partial charge in [-0.1, -0.05) is 17.2 Å². The van der Waals surface area contributed by atoms with Crippen molar-refractivity contribution in [1.82, 2.24) is 0 Å². The zero-order valence-electron chi connectivity index (χ0n) is 12.0. The Balaban J connectivity index is 2.07. The lowest BCUT2D eigenvalue weighted by atomic mass is 9.64. The normalized spacial score (nSPS) is 41.8. The number of carbonyl (C=O) groups excluding carboxylic acids is 1. The molecule has 100 valence electrons. The number of rotatable bonds is 1. The summed E-state index contributed by atoms with van der Waals surface area (Å²) in [4.78, 5) is 11.9. The molecule has 3 rings (SSSR count). The van der Waals surface area contributed by atoms with Crippen LogP contribution >= 0.6 is 0 Å². The minimum Gasteiger partial charge on any atom is -0.410 e. The monoisotopic (exact) mass is 264 g/mol. The molecule has 2 fully saturated rings. The second-order valence-electron chi connectivity index (χ2n) is 6.90. The average molecular weight is 264 g/mol. The quantitative estimate of drug-likeness (QED) is 0.678. The summed E-state index contributed by atoms with van der Waals surface area (Å²) in [6.45, 7) is 8.71. The standard InChI is InChI=1S/C15H24O2Si/c1-9-8-12(10(2)16)11-6-5-7-13-14(11)15(9)18(3,4)17-13/h11-14H,5-8H2,1-4H3/t11-,12-,13+,14-/m1/s1. The minimum atomic E-state index is -1.65. The molecule has 2 aliphatic carbocycles. The Kier molecular flexibility index (Phi) is 2.83. The van der Waals surface area contributed by atoms with Gasteiger partial charge in [0.2, 0.25) is 8.32 Å². The zero-order valence-corrected chi connectivity index (χ0v) is 13.0. The van der Waals surface area contributed by atoms with Gasteiger partial charge in [0.15, 0.2) is 0 Å². The first kappa shape index (κ1) is 12.6. The van der Waals surface area contributed by atoms with Gasteiger partial charge in [-0.25, -0.2) is 0 Å². The predicted octanol–water partition coefficient (Wildman–Crippen LogP) is 3.47. The lowest BCUT2D eigenvalue weighted by Crippen LogP contribution is -2.41. The van der Waals surface area contributed by atoms with Gasteiger partial charge in [-0.05, 0) is 52.1 Å².